The molecule has 1 saturated heterocycles. The summed E-state index contributed by atoms with van der Waals surface area (Å²) in [6, 6.07) is 13.2. The van der Waals surface area contributed by atoms with Crippen molar-refractivity contribution in [2.45, 2.75) is 26.0 Å². The molecular weight excluding hydrogens is 509 g/mol. The van der Waals surface area contributed by atoms with Gasteiger partial charge in [-0.25, -0.2) is 9.18 Å². The van der Waals surface area contributed by atoms with Gasteiger partial charge < -0.3 is 19.1 Å². The van der Waals surface area contributed by atoms with Crippen LogP contribution in [0.2, 0.25) is 5.02 Å². The lowest BCUT2D eigenvalue weighted by Gasteiger charge is -2.37. The molecule has 186 valence electrons. The summed E-state index contributed by atoms with van der Waals surface area (Å²) in [4.78, 5) is 19.4. The highest BCUT2D eigenvalue weighted by Crippen LogP contribution is 2.36. The monoisotopic (exact) mass is 529 g/mol. The maximum Gasteiger partial charge on any atom is 0.506 e. The van der Waals surface area contributed by atoms with Gasteiger partial charge in [0, 0.05) is 30.1 Å². The molecule has 0 unspecified atom stereocenters. The Morgan fingerprint density at radius 2 is 2.06 bits per heavy atom. The Hall–Kier alpha value is -3.47. The molecule has 0 spiro atoms. The van der Waals surface area contributed by atoms with Gasteiger partial charge in [-0.3, -0.25) is 4.90 Å². The third-order valence-electron chi connectivity index (χ3n) is 5.68. The van der Waals surface area contributed by atoms with Crippen LogP contribution in [0.4, 0.5) is 9.18 Å². The third-order valence-corrected chi connectivity index (χ3v) is 7.13. The van der Waals surface area contributed by atoms with Crippen molar-refractivity contribution < 1.29 is 28.3 Å². The highest BCUT2D eigenvalue weighted by atomic mass is 35.5. The van der Waals surface area contributed by atoms with Crippen molar-refractivity contribution in [3.63, 3.8) is 0 Å². The van der Waals surface area contributed by atoms with Crippen LogP contribution in [-0.2, 0) is 17.7 Å². The lowest BCUT2D eigenvalue weighted by Crippen LogP contribution is -2.51. The molecule has 0 saturated carbocycles. The fourth-order valence-electron chi connectivity index (χ4n) is 3.90. The second kappa shape index (κ2) is 10.3. The summed E-state index contributed by atoms with van der Waals surface area (Å²) in [5.74, 6) is 0.692. The van der Waals surface area contributed by atoms with E-state index in [0.29, 0.717) is 42.7 Å². The summed E-state index contributed by atoms with van der Waals surface area (Å²) < 4.78 is 29.8. The van der Waals surface area contributed by atoms with Crippen LogP contribution in [0, 0.1) is 5.82 Å². The fraction of sp³-hybridized carbons (Fsp3) is 0.240. The van der Waals surface area contributed by atoms with Crippen LogP contribution < -0.4 is 4.74 Å². The minimum Gasteiger partial charge on any atom is -0.453 e. The molecule has 2 aromatic carbocycles. The van der Waals surface area contributed by atoms with Crippen LogP contribution in [0.25, 0.3) is 22.2 Å². The van der Waals surface area contributed by atoms with E-state index in [2.05, 4.69) is 28.0 Å². The van der Waals surface area contributed by atoms with Crippen molar-refractivity contribution in [1.82, 2.24) is 15.0 Å². The van der Waals surface area contributed by atoms with Gasteiger partial charge in [-0.15, -0.1) is 11.3 Å². The van der Waals surface area contributed by atoms with Crippen LogP contribution in [0.1, 0.15) is 17.4 Å². The Bertz CT molecular complexity index is 1400. The first-order valence-electron chi connectivity index (χ1n) is 11.2. The number of ether oxygens (including phenoxy) is 2. The number of carboxylic acid groups (broad SMARTS) is 1. The van der Waals surface area contributed by atoms with Gasteiger partial charge in [-0.05, 0) is 48.4 Å². The summed E-state index contributed by atoms with van der Waals surface area (Å²) in [5, 5.41) is 13.2. The molecule has 0 atom stereocenters. The Labute approximate surface area is 214 Å². The average molecular weight is 530 g/mol. The topological polar surface area (TPSA) is 97.9 Å². The maximum atomic E-state index is 13.9. The van der Waals surface area contributed by atoms with Crippen molar-refractivity contribution in [3.05, 3.63) is 69.8 Å². The minimum atomic E-state index is -1.24. The Morgan fingerprint density at radius 3 is 2.78 bits per heavy atom. The largest absolute Gasteiger partial charge is 0.506 e. The smallest absolute Gasteiger partial charge is 0.453 e. The highest BCUT2D eigenvalue weighted by Gasteiger charge is 2.30. The van der Waals surface area contributed by atoms with Gasteiger partial charge in [-0.1, -0.05) is 35.8 Å². The molecule has 2 aromatic heterocycles. The molecular formula is C25H21ClFN3O5S. The number of aromatic nitrogens is 2. The van der Waals surface area contributed by atoms with E-state index < -0.39 is 12.0 Å². The number of carbonyl (C=O) groups is 1. The van der Waals surface area contributed by atoms with Gasteiger partial charge >= 0.3 is 6.16 Å². The third kappa shape index (κ3) is 5.20. The summed E-state index contributed by atoms with van der Waals surface area (Å²) in [6.07, 6.45) is -0.718. The lowest BCUT2D eigenvalue weighted by molar-refractivity contribution is -0.0359. The first-order valence-corrected chi connectivity index (χ1v) is 12.4. The standard InChI is InChI=1S/C25H21ClFN3O5S/c1-2-14-9-17(13-30-11-16(12-30)33-25(31)32)36-22(14)23-28-24(35-29-23)15-7-8-20(18(26)10-15)34-21-6-4-3-5-19(21)27/h3-10,16H,2,11-13H2,1H3,(H,31,32). The van der Waals surface area contributed by atoms with E-state index in [0.717, 1.165) is 21.7 Å². The van der Waals surface area contributed by atoms with E-state index in [4.69, 9.17) is 30.7 Å². The normalized spacial score (nSPS) is 14.0. The quantitative estimate of drug-likeness (QED) is 0.259. The van der Waals surface area contributed by atoms with E-state index >= 15 is 0 Å². The highest BCUT2D eigenvalue weighted by molar-refractivity contribution is 7.15. The number of rotatable bonds is 8. The predicted octanol–water partition coefficient (Wildman–Crippen LogP) is 6.49. The predicted molar refractivity (Wildman–Crippen MR) is 132 cm³/mol. The fourth-order valence-corrected chi connectivity index (χ4v) is 5.34. The SMILES string of the molecule is CCc1cc(CN2CC(OC(=O)O)C2)sc1-c1noc(-c2ccc(Oc3ccccc3F)c(Cl)c2)n1. The molecule has 0 aliphatic carbocycles. The van der Waals surface area contributed by atoms with Gasteiger partial charge in [0.1, 0.15) is 11.9 Å². The van der Waals surface area contributed by atoms with Crippen LogP contribution in [0.3, 0.4) is 0 Å². The van der Waals surface area contributed by atoms with Crippen LogP contribution in [0.15, 0.2) is 53.1 Å². The number of hydrogen-bond acceptors (Lipinski definition) is 8. The number of benzene rings is 2. The van der Waals surface area contributed by atoms with Crippen LogP contribution in [-0.4, -0.2) is 45.5 Å². The second-order valence-corrected chi connectivity index (χ2v) is 9.77. The Balaban J connectivity index is 1.30. The number of likely N-dealkylation sites (tertiary alicyclic amines) is 1. The van der Waals surface area contributed by atoms with Gasteiger partial charge in [0.2, 0.25) is 5.82 Å². The first kappa shape index (κ1) is 24.2. The van der Waals surface area contributed by atoms with Crippen molar-refractivity contribution in [2.75, 3.05) is 13.1 Å². The van der Waals surface area contributed by atoms with Gasteiger partial charge in [0.15, 0.2) is 11.6 Å². The van der Waals surface area contributed by atoms with Gasteiger partial charge in [0.25, 0.3) is 5.89 Å². The molecule has 0 amide bonds. The van der Waals surface area contributed by atoms with Crippen molar-refractivity contribution in [2.24, 2.45) is 0 Å². The molecule has 1 aliphatic rings. The zero-order valence-electron chi connectivity index (χ0n) is 19.1. The van der Waals surface area contributed by atoms with Crippen molar-refractivity contribution in [3.8, 4) is 33.7 Å². The van der Waals surface area contributed by atoms with E-state index in [9.17, 15) is 9.18 Å². The number of hydrogen-bond donors (Lipinski definition) is 1. The van der Waals surface area contributed by atoms with E-state index in [1.165, 1.54) is 12.1 Å². The maximum absolute atomic E-state index is 13.9. The lowest BCUT2D eigenvalue weighted by atomic mass is 10.1. The zero-order chi connectivity index (χ0) is 25.2. The molecule has 1 N–H and O–H groups in total. The molecule has 8 nitrogen and oxygen atoms in total. The Morgan fingerprint density at radius 1 is 1.25 bits per heavy atom. The number of para-hydroxylation sites is 1. The van der Waals surface area contributed by atoms with Crippen LogP contribution >= 0.6 is 22.9 Å². The van der Waals surface area contributed by atoms with Crippen LogP contribution in [0.5, 0.6) is 11.5 Å². The molecule has 4 aromatic rings. The van der Waals surface area contributed by atoms with E-state index in [-0.39, 0.29) is 16.9 Å². The number of halogens is 2. The molecule has 0 radical (unpaired) electrons. The molecule has 11 heteroatoms. The van der Waals surface area contributed by atoms with Gasteiger partial charge in [-0.2, -0.15) is 4.98 Å². The Kier molecular flexibility index (Phi) is 6.90. The summed E-state index contributed by atoms with van der Waals surface area (Å²) in [5.41, 5.74) is 1.72. The average Bonchev–Trinajstić information content (AvgIpc) is 3.47. The molecule has 0 bridgehead atoms. The molecule has 3 heterocycles. The number of thiophene rings is 1. The van der Waals surface area contributed by atoms with E-state index in [1.807, 2.05) is 0 Å². The minimum absolute atomic E-state index is 0.0796. The number of nitrogens with zero attached hydrogens (tertiary/aromatic N) is 3. The number of aryl methyl sites for hydroxylation is 1. The van der Waals surface area contributed by atoms with Crippen molar-refractivity contribution in [1.29, 1.82) is 0 Å². The summed E-state index contributed by atoms with van der Waals surface area (Å²) in [7, 11) is 0. The van der Waals surface area contributed by atoms with Gasteiger partial charge in [0.05, 0.1) is 9.90 Å². The van der Waals surface area contributed by atoms with E-state index in [1.54, 1.807) is 41.7 Å². The van der Waals surface area contributed by atoms with Crippen molar-refractivity contribution >= 4 is 29.1 Å². The molecule has 5 rings (SSSR count). The molecule has 1 aliphatic heterocycles. The summed E-state index contributed by atoms with van der Waals surface area (Å²) >= 11 is 7.96. The summed E-state index contributed by atoms with van der Waals surface area (Å²) in [6.45, 7) is 3.90. The first-order chi connectivity index (χ1) is 17.4. The second-order valence-electron chi connectivity index (χ2n) is 8.22. The molecule has 1 fully saturated rings. The molecule has 36 heavy (non-hydrogen) atoms. The zero-order valence-corrected chi connectivity index (χ0v) is 20.7.